The lowest BCUT2D eigenvalue weighted by Gasteiger charge is -2.07. The van der Waals surface area contributed by atoms with Crippen LogP contribution in [-0.4, -0.2) is 9.52 Å². The molecule has 0 unspecified atom stereocenters. The largest absolute Gasteiger partial charge is 0.472 e. The van der Waals surface area contributed by atoms with E-state index in [1.165, 1.54) is 0 Å². The fourth-order valence-corrected chi connectivity index (χ4v) is 2.66. The molecule has 2 rings (SSSR count). The van der Waals surface area contributed by atoms with Crippen molar-refractivity contribution in [3.63, 3.8) is 0 Å². The van der Waals surface area contributed by atoms with Crippen LogP contribution in [0.1, 0.15) is 16.7 Å². The Kier molecular flexibility index (Phi) is 2.57. The van der Waals surface area contributed by atoms with E-state index in [1.807, 2.05) is 12.1 Å². The van der Waals surface area contributed by atoms with E-state index in [2.05, 4.69) is 5.54 Å². The molecule has 2 aromatic rings. The minimum Gasteiger partial charge on any atom is -0.472 e. The van der Waals surface area contributed by atoms with Crippen molar-refractivity contribution in [1.29, 1.82) is 0 Å². The molecule has 0 bridgehead atoms. The van der Waals surface area contributed by atoms with Crippen LogP contribution in [0.2, 0.25) is 0 Å². The van der Waals surface area contributed by atoms with E-state index < -0.39 is 9.52 Å². The third-order valence-electron chi connectivity index (χ3n) is 2.21. The zero-order chi connectivity index (χ0) is 9.80. The molecule has 0 N–H and O–H groups in total. The fraction of sp³-hybridized carbons (Fsp3) is 0.0909. The van der Waals surface area contributed by atoms with E-state index in [9.17, 15) is 0 Å². The van der Waals surface area contributed by atoms with Crippen LogP contribution in [0.3, 0.4) is 0 Å². The number of rotatable bonds is 3. The minimum absolute atomic E-state index is 0.317. The Morgan fingerprint density at radius 1 is 1.14 bits per heavy atom. The van der Waals surface area contributed by atoms with Crippen LogP contribution in [0, 0.1) is 12.0 Å². The minimum atomic E-state index is -0.594. The van der Waals surface area contributed by atoms with Gasteiger partial charge in [-0.25, -0.2) is 0 Å². The predicted octanol–water partition coefficient (Wildman–Crippen LogP) is 1.72. The zero-order valence-corrected chi connectivity index (χ0v) is 9.06. The molecule has 0 aliphatic carbocycles. The highest BCUT2D eigenvalue weighted by molar-refractivity contribution is 6.48. The Morgan fingerprint density at radius 2 is 1.71 bits per heavy atom. The first-order valence-corrected chi connectivity index (χ1v) is 5.92. The summed E-state index contributed by atoms with van der Waals surface area (Å²) in [5, 5.41) is 0. The summed E-state index contributed by atoms with van der Waals surface area (Å²) >= 11 is 0. The van der Waals surface area contributed by atoms with Gasteiger partial charge in [-0.05, 0) is 23.3 Å². The summed E-state index contributed by atoms with van der Waals surface area (Å²) in [5.74, 6) is 0. The predicted molar refractivity (Wildman–Crippen MR) is 56.6 cm³/mol. The highest BCUT2D eigenvalue weighted by Gasteiger charge is 2.15. The van der Waals surface area contributed by atoms with Crippen molar-refractivity contribution in [2.24, 2.45) is 0 Å². The van der Waals surface area contributed by atoms with E-state index >= 15 is 0 Å². The molecule has 0 aromatic carbocycles. The van der Waals surface area contributed by atoms with Gasteiger partial charge in [0, 0.05) is 5.54 Å². The molecule has 2 nitrogen and oxygen atoms in total. The number of hydrogen-bond donors (Lipinski definition) is 0. The van der Waals surface area contributed by atoms with Gasteiger partial charge in [-0.2, -0.15) is 0 Å². The van der Waals surface area contributed by atoms with Crippen LogP contribution in [0.5, 0.6) is 0 Å². The molecule has 14 heavy (non-hydrogen) atoms. The molecule has 0 aliphatic rings. The molecular weight excluding hydrogens is 192 g/mol. The average Bonchev–Trinajstić information content (AvgIpc) is 2.87. The van der Waals surface area contributed by atoms with Crippen LogP contribution >= 0.6 is 0 Å². The van der Waals surface area contributed by atoms with Crippen LogP contribution in [0.4, 0.5) is 0 Å². The SMILES string of the molecule is C#C[SiH2]C(c1ccoc1)c1ccoc1. The van der Waals surface area contributed by atoms with Crippen molar-refractivity contribution in [3.05, 3.63) is 48.3 Å². The van der Waals surface area contributed by atoms with Crippen molar-refractivity contribution in [1.82, 2.24) is 0 Å². The fourth-order valence-electron chi connectivity index (χ4n) is 1.49. The summed E-state index contributed by atoms with van der Waals surface area (Å²) in [4.78, 5) is 0. The van der Waals surface area contributed by atoms with E-state index in [-0.39, 0.29) is 0 Å². The maximum atomic E-state index is 5.39. The molecule has 70 valence electrons. The van der Waals surface area contributed by atoms with Crippen molar-refractivity contribution >= 4 is 9.52 Å². The quantitative estimate of drug-likeness (QED) is 0.559. The maximum Gasteiger partial charge on any atom is 0.118 e. The highest BCUT2D eigenvalue weighted by atomic mass is 28.2. The molecule has 0 amide bonds. The van der Waals surface area contributed by atoms with Crippen LogP contribution < -0.4 is 0 Å². The van der Waals surface area contributed by atoms with Gasteiger partial charge in [0.05, 0.1) is 25.1 Å². The summed E-state index contributed by atoms with van der Waals surface area (Å²) in [7, 11) is -0.594. The molecule has 3 heteroatoms. The lowest BCUT2D eigenvalue weighted by Crippen LogP contribution is -2.06. The number of hydrogen-bond acceptors (Lipinski definition) is 2. The van der Waals surface area contributed by atoms with Crippen molar-refractivity contribution in [2.75, 3.05) is 0 Å². The second-order valence-electron chi connectivity index (χ2n) is 3.07. The summed E-state index contributed by atoms with van der Waals surface area (Å²) in [5.41, 5.74) is 5.42. The van der Waals surface area contributed by atoms with Gasteiger partial charge in [-0.1, -0.05) is 0 Å². The molecule has 0 saturated heterocycles. The van der Waals surface area contributed by atoms with Gasteiger partial charge < -0.3 is 8.83 Å². The molecule has 0 aliphatic heterocycles. The van der Waals surface area contributed by atoms with Crippen LogP contribution in [-0.2, 0) is 0 Å². The maximum absolute atomic E-state index is 5.39. The molecule has 0 atom stereocenters. The van der Waals surface area contributed by atoms with Gasteiger partial charge in [-0.3, -0.25) is 0 Å². The van der Waals surface area contributed by atoms with Gasteiger partial charge in [0.1, 0.15) is 9.52 Å². The Balaban J connectivity index is 2.30. The average molecular weight is 202 g/mol. The molecular formula is C11H10O2Si. The highest BCUT2D eigenvalue weighted by Crippen LogP contribution is 2.23. The molecule has 0 spiro atoms. The van der Waals surface area contributed by atoms with Crippen molar-refractivity contribution in [2.45, 2.75) is 5.54 Å². The first-order chi connectivity index (χ1) is 6.92. The van der Waals surface area contributed by atoms with Crippen LogP contribution in [0.25, 0.3) is 0 Å². The van der Waals surface area contributed by atoms with Gasteiger partial charge in [0.15, 0.2) is 0 Å². The smallest absolute Gasteiger partial charge is 0.118 e. The summed E-state index contributed by atoms with van der Waals surface area (Å²) in [6, 6.07) is 3.92. The van der Waals surface area contributed by atoms with Gasteiger partial charge >= 0.3 is 0 Å². The second kappa shape index (κ2) is 4.03. The Hall–Kier alpha value is -1.66. The zero-order valence-electron chi connectivity index (χ0n) is 7.64. The monoisotopic (exact) mass is 202 g/mol. The van der Waals surface area contributed by atoms with E-state index in [1.54, 1.807) is 25.1 Å². The summed E-state index contributed by atoms with van der Waals surface area (Å²) in [6.45, 7) is 0. The third kappa shape index (κ3) is 1.65. The Morgan fingerprint density at radius 3 is 2.07 bits per heavy atom. The molecule has 2 aromatic heterocycles. The third-order valence-corrected chi connectivity index (χ3v) is 3.80. The van der Waals surface area contributed by atoms with Crippen LogP contribution in [0.15, 0.2) is 46.0 Å². The topological polar surface area (TPSA) is 26.3 Å². The molecule has 0 radical (unpaired) electrons. The number of furan rings is 2. The summed E-state index contributed by atoms with van der Waals surface area (Å²) in [6.07, 6.45) is 12.2. The Bertz CT molecular complexity index is 374. The lowest BCUT2D eigenvalue weighted by molar-refractivity contribution is 0.561. The van der Waals surface area contributed by atoms with Gasteiger partial charge in [0.25, 0.3) is 0 Å². The number of terminal acetylenes is 1. The Labute approximate surface area is 84.7 Å². The second-order valence-corrected chi connectivity index (χ2v) is 4.71. The van der Waals surface area contributed by atoms with Gasteiger partial charge in [-0.15, -0.1) is 12.0 Å². The van der Waals surface area contributed by atoms with Crippen molar-refractivity contribution in [3.8, 4) is 12.0 Å². The normalized spacial score (nSPS) is 11.1. The van der Waals surface area contributed by atoms with E-state index in [0.717, 1.165) is 11.1 Å². The molecule has 2 heterocycles. The standard InChI is InChI=1S/C11H10O2Si/c1-2-14-11(9-3-5-12-7-9)10-4-6-13-8-10/h1,3-8,11H,14H2. The molecule has 0 fully saturated rings. The van der Waals surface area contributed by atoms with Gasteiger partial charge in [0.2, 0.25) is 0 Å². The van der Waals surface area contributed by atoms with E-state index in [0.29, 0.717) is 5.54 Å². The lowest BCUT2D eigenvalue weighted by atomic mass is 10.1. The molecule has 0 saturated carbocycles. The summed E-state index contributed by atoms with van der Waals surface area (Å²) < 4.78 is 10.1. The first-order valence-electron chi connectivity index (χ1n) is 4.39. The van der Waals surface area contributed by atoms with Crippen molar-refractivity contribution < 1.29 is 8.83 Å². The first kappa shape index (κ1) is 8.91. The van der Waals surface area contributed by atoms with E-state index in [4.69, 9.17) is 15.3 Å².